The standard InChI is InChI=1S/C26H21N3/c27-25(23-15-7-13-21(17-23)19-9-3-1-4-10-19)29-26(28)24-16-8-14-22(18-24)20-11-5-2-6-12-20/h1-18H,(H3,27,28,29). The van der Waals surface area contributed by atoms with E-state index in [0.717, 1.165) is 33.4 Å². The summed E-state index contributed by atoms with van der Waals surface area (Å²) in [6.45, 7) is 0. The fourth-order valence-electron chi connectivity index (χ4n) is 3.21. The Morgan fingerprint density at radius 1 is 0.552 bits per heavy atom. The third-order valence-corrected chi connectivity index (χ3v) is 4.74. The number of benzene rings is 4. The Hall–Kier alpha value is -3.98. The average molecular weight is 375 g/mol. The summed E-state index contributed by atoms with van der Waals surface area (Å²) in [5.74, 6) is 0.475. The highest BCUT2D eigenvalue weighted by molar-refractivity contribution is 6.10. The minimum Gasteiger partial charge on any atom is -0.383 e. The van der Waals surface area contributed by atoms with Crippen molar-refractivity contribution >= 4 is 11.7 Å². The zero-order valence-corrected chi connectivity index (χ0v) is 15.9. The van der Waals surface area contributed by atoms with Gasteiger partial charge in [-0.05, 0) is 34.4 Å². The topological polar surface area (TPSA) is 62.2 Å². The molecule has 0 aromatic heterocycles. The number of hydrogen-bond donors (Lipinski definition) is 2. The molecule has 0 fully saturated rings. The van der Waals surface area contributed by atoms with E-state index in [-0.39, 0.29) is 5.84 Å². The number of hydrogen-bond acceptors (Lipinski definition) is 1. The van der Waals surface area contributed by atoms with Crippen LogP contribution in [0.2, 0.25) is 0 Å². The summed E-state index contributed by atoms with van der Waals surface area (Å²) in [6, 6.07) is 36.0. The lowest BCUT2D eigenvalue weighted by molar-refractivity contribution is 1.40. The molecule has 0 unspecified atom stereocenters. The van der Waals surface area contributed by atoms with Gasteiger partial charge in [-0.2, -0.15) is 0 Å². The van der Waals surface area contributed by atoms with E-state index in [9.17, 15) is 0 Å². The summed E-state index contributed by atoms with van der Waals surface area (Å²) in [5, 5.41) is 8.42. The van der Waals surface area contributed by atoms with Gasteiger partial charge in [0.2, 0.25) is 0 Å². The van der Waals surface area contributed by atoms with Gasteiger partial charge in [-0.15, -0.1) is 0 Å². The van der Waals surface area contributed by atoms with E-state index >= 15 is 0 Å². The average Bonchev–Trinajstić information content (AvgIpc) is 2.80. The Labute approximate surface area is 170 Å². The first-order chi connectivity index (χ1) is 14.2. The molecule has 3 N–H and O–H groups in total. The molecule has 4 aromatic carbocycles. The fraction of sp³-hybridized carbons (Fsp3) is 0. The van der Waals surface area contributed by atoms with E-state index in [2.05, 4.69) is 29.3 Å². The first kappa shape index (κ1) is 18.4. The van der Waals surface area contributed by atoms with Crippen molar-refractivity contribution in [2.24, 2.45) is 10.7 Å². The molecule has 0 aliphatic rings. The molecular weight excluding hydrogens is 354 g/mol. The Morgan fingerprint density at radius 3 is 1.55 bits per heavy atom. The molecule has 0 spiro atoms. The van der Waals surface area contributed by atoms with E-state index in [1.807, 2.05) is 84.9 Å². The molecule has 4 rings (SSSR count). The van der Waals surface area contributed by atoms with Gasteiger partial charge < -0.3 is 5.73 Å². The number of nitrogens with two attached hydrogens (primary N) is 1. The minimum atomic E-state index is 0.144. The zero-order valence-electron chi connectivity index (χ0n) is 15.9. The molecule has 0 radical (unpaired) electrons. The van der Waals surface area contributed by atoms with Crippen LogP contribution in [0.5, 0.6) is 0 Å². The first-order valence-corrected chi connectivity index (χ1v) is 9.45. The van der Waals surface area contributed by atoms with Crippen LogP contribution in [-0.4, -0.2) is 11.7 Å². The monoisotopic (exact) mass is 375 g/mol. The molecule has 0 saturated heterocycles. The lowest BCUT2D eigenvalue weighted by Gasteiger charge is -2.07. The van der Waals surface area contributed by atoms with Crippen LogP contribution in [0.15, 0.2) is 114 Å². The van der Waals surface area contributed by atoms with E-state index in [0.29, 0.717) is 5.84 Å². The smallest absolute Gasteiger partial charge is 0.154 e. The van der Waals surface area contributed by atoms with E-state index in [4.69, 9.17) is 11.1 Å². The molecule has 4 aromatic rings. The lowest BCUT2D eigenvalue weighted by Crippen LogP contribution is -2.16. The van der Waals surface area contributed by atoms with Crippen LogP contribution in [0.4, 0.5) is 0 Å². The van der Waals surface area contributed by atoms with Crippen molar-refractivity contribution < 1.29 is 0 Å². The van der Waals surface area contributed by atoms with Gasteiger partial charge in [0.1, 0.15) is 5.84 Å². The molecule has 29 heavy (non-hydrogen) atoms. The molecule has 3 heteroatoms. The van der Waals surface area contributed by atoms with Gasteiger partial charge in [0.25, 0.3) is 0 Å². The van der Waals surface area contributed by atoms with E-state index < -0.39 is 0 Å². The van der Waals surface area contributed by atoms with Crippen LogP contribution in [0.25, 0.3) is 22.3 Å². The maximum Gasteiger partial charge on any atom is 0.154 e. The Morgan fingerprint density at radius 2 is 1.00 bits per heavy atom. The van der Waals surface area contributed by atoms with Gasteiger partial charge >= 0.3 is 0 Å². The van der Waals surface area contributed by atoms with Gasteiger partial charge in [-0.25, -0.2) is 4.99 Å². The molecule has 0 atom stereocenters. The van der Waals surface area contributed by atoms with Crippen LogP contribution < -0.4 is 5.73 Å². The van der Waals surface area contributed by atoms with Crippen LogP contribution in [0, 0.1) is 5.41 Å². The summed E-state index contributed by atoms with van der Waals surface area (Å²) in [5.41, 5.74) is 12.1. The van der Waals surface area contributed by atoms with Crippen LogP contribution in [0.1, 0.15) is 11.1 Å². The molecule has 0 bridgehead atoms. The van der Waals surface area contributed by atoms with Crippen molar-refractivity contribution in [1.29, 1.82) is 5.41 Å². The third kappa shape index (κ3) is 4.30. The highest BCUT2D eigenvalue weighted by atomic mass is 14.9. The predicted octanol–water partition coefficient (Wildman–Crippen LogP) is 5.75. The van der Waals surface area contributed by atoms with Crippen LogP contribution in [-0.2, 0) is 0 Å². The van der Waals surface area contributed by atoms with Crippen molar-refractivity contribution in [2.45, 2.75) is 0 Å². The largest absolute Gasteiger partial charge is 0.383 e. The first-order valence-electron chi connectivity index (χ1n) is 9.45. The minimum absolute atomic E-state index is 0.144. The molecule has 3 nitrogen and oxygen atoms in total. The number of nitrogens with one attached hydrogen (secondary N) is 1. The number of rotatable bonds is 4. The molecule has 0 heterocycles. The molecule has 140 valence electrons. The summed E-state index contributed by atoms with van der Waals surface area (Å²) >= 11 is 0. The Bertz CT molecular complexity index is 1160. The number of nitrogens with zero attached hydrogens (tertiary/aromatic N) is 1. The van der Waals surface area contributed by atoms with E-state index in [1.165, 1.54) is 0 Å². The second-order valence-electron chi connectivity index (χ2n) is 6.74. The molecule has 0 aliphatic carbocycles. The van der Waals surface area contributed by atoms with Gasteiger partial charge in [0.15, 0.2) is 5.84 Å². The van der Waals surface area contributed by atoms with Crippen LogP contribution >= 0.6 is 0 Å². The van der Waals surface area contributed by atoms with Gasteiger partial charge in [-0.3, -0.25) is 5.41 Å². The Balaban J connectivity index is 1.61. The second-order valence-corrected chi connectivity index (χ2v) is 6.74. The van der Waals surface area contributed by atoms with Crippen molar-refractivity contribution in [1.82, 2.24) is 0 Å². The molecule has 0 amide bonds. The number of amidine groups is 2. The van der Waals surface area contributed by atoms with Crippen molar-refractivity contribution in [3.63, 3.8) is 0 Å². The van der Waals surface area contributed by atoms with Gasteiger partial charge in [-0.1, -0.05) is 97.1 Å². The van der Waals surface area contributed by atoms with Crippen LogP contribution in [0.3, 0.4) is 0 Å². The summed E-state index contributed by atoms with van der Waals surface area (Å²) in [6.07, 6.45) is 0. The number of aliphatic imine (C=N–C) groups is 1. The summed E-state index contributed by atoms with van der Waals surface area (Å²) in [4.78, 5) is 4.36. The Kier molecular flexibility index (Phi) is 5.30. The highest BCUT2D eigenvalue weighted by Crippen LogP contribution is 2.22. The molecule has 0 aliphatic heterocycles. The predicted molar refractivity (Wildman–Crippen MR) is 121 cm³/mol. The zero-order chi connectivity index (χ0) is 20.1. The highest BCUT2D eigenvalue weighted by Gasteiger charge is 2.07. The fourth-order valence-corrected chi connectivity index (χ4v) is 3.21. The summed E-state index contributed by atoms with van der Waals surface area (Å²) in [7, 11) is 0. The van der Waals surface area contributed by atoms with Crippen molar-refractivity contribution in [3.8, 4) is 22.3 Å². The molecular formula is C26H21N3. The molecule has 0 saturated carbocycles. The third-order valence-electron chi connectivity index (χ3n) is 4.74. The van der Waals surface area contributed by atoms with Crippen molar-refractivity contribution in [2.75, 3.05) is 0 Å². The quantitative estimate of drug-likeness (QED) is 0.346. The van der Waals surface area contributed by atoms with Gasteiger partial charge in [0.05, 0.1) is 0 Å². The second kappa shape index (κ2) is 8.36. The SMILES string of the molecule is N=C(N=C(N)c1cccc(-c2ccccc2)c1)c1cccc(-c2ccccc2)c1. The van der Waals surface area contributed by atoms with Gasteiger partial charge in [0, 0.05) is 11.1 Å². The maximum atomic E-state index is 8.42. The van der Waals surface area contributed by atoms with Crippen molar-refractivity contribution in [3.05, 3.63) is 120 Å². The summed E-state index contributed by atoms with van der Waals surface area (Å²) < 4.78 is 0. The van der Waals surface area contributed by atoms with E-state index in [1.54, 1.807) is 0 Å². The maximum absolute atomic E-state index is 8.42. The normalized spacial score (nSPS) is 11.2. The lowest BCUT2D eigenvalue weighted by atomic mass is 10.0.